The summed E-state index contributed by atoms with van der Waals surface area (Å²) in [6, 6.07) is 1.92. The summed E-state index contributed by atoms with van der Waals surface area (Å²) in [6.07, 6.45) is 1.68. The second-order valence-electron chi connectivity index (χ2n) is 4.57. The van der Waals surface area contributed by atoms with Gasteiger partial charge in [-0.3, -0.25) is 15.0 Å². The molecule has 0 bridgehead atoms. The zero-order chi connectivity index (χ0) is 12.4. The van der Waals surface area contributed by atoms with Crippen molar-refractivity contribution in [1.82, 2.24) is 19.6 Å². The fraction of sp³-hybridized carbons (Fsp3) is 0.636. The van der Waals surface area contributed by atoms with Crippen LogP contribution in [0.4, 0.5) is 0 Å². The predicted molar refractivity (Wildman–Crippen MR) is 64.7 cm³/mol. The SMILES string of the molecule is CN(C)C(O)c1cc2n(n1)CCCN(C=N)C2. The molecule has 0 amide bonds. The smallest absolute Gasteiger partial charge is 0.151 e. The van der Waals surface area contributed by atoms with Gasteiger partial charge in [0.25, 0.3) is 0 Å². The molecule has 6 heteroatoms. The molecule has 1 aromatic rings. The van der Waals surface area contributed by atoms with Crippen LogP contribution in [-0.2, 0) is 13.1 Å². The van der Waals surface area contributed by atoms with Gasteiger partial charge in [-0.1, -0.05) is 0 Å². The first-order valence-electron chi connectivity index (χ1n) is 5.77. The molecule has 0 saturated carbocycles. The van der Waals surface area contributed by atoms with E-state index in [4.69, 9.17) is 5.41 Å². The number of aliphatic hydroxyl groups excluding tert-OH is 1. The Morgan fingerprint density at radius 1 is 1.53 bits per heavy atom. The van der Waals surface area contributed by atoms with Gasteiger partial charge in [0.15, 0.2) is 6.23 Å². The number of nitrogens with zero attached hydrogens (tertiary/aromatic N) is 4. The van der Waals surface area contributed by atoms with E-state index in [0.717, 1.165) is 25.2 Å². The maximum Gasteiger partial charge on any atom is 0.151 e. The standard InChI is InChI=1S/C11H19N5O/c1-14(2)11(17)10-6-9-7-15(8-12)4-3-5-16(9)13-10/h6,8,11-12,17H,3-5,7H2,1-2H3. The molecule has 94 valence electrons. The summed E-state index contributed by atoms with van der Waals surface area (Å²) in [5, 5.41) is 21.7. The average molecular weight is 237 g/mol. The van der Waals surface area contributed by atoms with Gasteiger partial charge in [0.2, 0.25) is 0 Å². The van der Waals surface area contributed by atoms with Gasteiger partial charge in [-0.05, 0) is 26.6 Å². The maximum atomic E-state index is 9.93. The summed E-state index contributed by atoms with van der Waals surface area (Å²) in [4.78, 5) is 3.67. The van der Waals surface area contributed by atoms with Crippen molar-refractivity contribution in [2.45, 2.75) is 25.7 Å². The lowest BCUT2D eigenvalue weighted by Gasteiger charge is -2.16. The zero-order valence-electron chi connectivity index (χ0n) is 10.3. The lowest BCUT2D eigenvalue weighted by Crippen LogP contribution is -2.21. The molecular weight excluding hydrogens is 218 g/mol. The summed E-state index contributed by atoms with van der Waals surface area (Å²) >= 11 is 0. The van der Waals surface area contributed by atoms with Gasteiger partial charge >= 0.3 is 0 Å². The van der Waals surface area contributed by atoms with Crippen LogP contribution in [0.25, 0.3) is 0 Å². The van der Waals surface area contributed by atoms with Gasteiger partial charge in [0, 0.05) is 13.1 Å². The van der Waals surface area contributed by atoms with Crippen molar-refractivity contribution in [3.05, 3.63) is 17.5 Å². The maximum absolute atomic E-state index is 9.93. The second-order valence-corrected chi connectivity index (χ2v) is 4.57. The number of nitrogens with one attached hydrogen (secondary N) is 1. The van der Waals surface area contributed by atoms with Gasteiger partial charge in [-0.15, -0.1) is 0 Å². The first-order chi connectivity index (χ1) is 8.11. The molecule has 1 aliphatic rings. The number of aliphatic hydroxyl groups is 1. The van der Waals surface area contributed by atoms with Gasteiger partial charge in [-0.2, -0.15) is 5.10 Å². The van der Waals surface area contributed by atoms with Gasteiger partial charge < -0.3 is 10.0 Å². The topological polar surface area (TPSA) is 68.4 Å². The van der Waals surface area contributed by atoms with Gasteiger partial charge in [0.05, 0.1) is 18.6 Å². The molecule has 1 aromatic heterocycles. The highest BCUT2D eigenvalue weighted by Crippen LogP contribution is 2.18. The van der Waals surface area contributed by atoms with Crippen molar-refractivity contribution in [2.24, 2.45) is 0 Å². The number of rotatable bonds is 3. The van der Waals surface area contributed by atoms with E-state index in [1.165, 1.54) is 6.34 Å². The third-order valence-corrected chi connectivity index (χ3v) is 3.00. The number of aryl methyl sites for hydroxylation is 1. The molecular formula is C11H19N5O. The van der Waals surface area contributed by atoms with Gasteiger partial charge in [0.1, 0.15) is 5.69 Å². The summed E-state index contributed by atoms with van der Waals surface area (Å²) in [5.74, 6) is 0. The molecule has 2 rings (SSSR count). The third kappa shape index (κ3) is 2.48. The van der Waals surface area contributed by atoms with E-state index >= 15 is 0 Å². The van der Waals surface area contributed by atoms with Crippen LogP contribution in [0.2, 0.25) is 0 Å². The Bertz CT molecular complexity index is 401. The molecule has 2 heterocycles. The Morgan fingerprint density at radius 3 is 2.94 bits per heavy atom. The summed E-state index contributed by atoms with van der Waals surface area (Å²) < 4.78 is 1.94. The molecule has 1 atom stereocenters. The number of hydrogen-bond acceptors (Lipinski definition) is 4. The predicted octanol–water partition coefficient (Wildman–Crippen LogP) is 0.248. The van der Waals surface area contributed by atoms with Crippen molar-refractivity contribution in [1.29, 1.82) is 5.41 Å². The van der Waals surface area contributed by atoms with Crippen LogP contribution in [0, 0.1) is 5.41 Å². The van der Waals surface area contributed by atoms with Crippen LogP contribution < -0.4 is 0 Å². The third-order valence-electron chi connectivity index (χ3n) is 3.00. The van der Waals surface area contributed by atoms with Crippen LogP contribution in [0.15, 0.2) is 6.07 Å². The largest absolute Gasteiger partial charge is 0.372 e. The Morgan fingerprint density at radius 2 is 2.29 bits per heavy atom. The van der Waals surface area contributed by atoms with Crippen molar-refractivity contribution < 1.29 is 5.11 Å². The van der Waals surface area contributed by atoms with E-state index in [0.29, 0.717) is 12.2 Å². The molecule has 1 aliphatic heterocycles. The van der Waals surface area contributed by atoms with Crippen molar-refractivity contribution in [3.63, 3.8) is 0 Å². The number of fused-ring (bicyclic) bond motifs is 1. The van der Waals surface area contributed by atoms with Crippen molar-refractivity contribution in [3.8, 4) is 0 Å². The molecule has 0 saturated heterocycles. The molecule has 0 radical (unpaired) electrons. The summed E-state index contributed by atoms with van der Waals surface area (Å²) in [7, 11) is 3.64. The Balaban J connectivity index is 2.23. The highest BCUT2D eigenvalue weighted by molar-refractivity contribution is 5.50. The number of hydrogen-bond donors (Lipinski definition) is 2. The average Bonchev–Trinajstić information content (AvgIpc) is 2.60. The van der Waals surface area contributed by atoms with Crippen molar-refractivity contribution in [2.75, 3.05) is 20.6 Å². The van der Waals surface area contributed by atoms with E-state index in [1.807, 2.05) is 29.7 Å². The minimum Gasteiger partial charge on any atom is -0.372 e. The summed E-state index contributed by atoms with van der Waals surface area (Å²) in [5.41, 5.74) is 1.73. The van der Waals surface area contributed by atoms with E-state index in [-0.39, 0.29) is 0 Å². The lowest BCUT2D eigenvalue weighted by molar-refractivity contribution is 0.0352. The van der Waals surface area contributed by atoms with E-state index < -0.39 is 6.23 Å². The molecule has 0 fully saturated rings. The Kier molecular flexibility index (Phi) is 3.44. The van der Waals surface area contributed by atoms with E-state index in [1.54, 1.807) is 4.90 Å². The Labute approximate surface area is 101 Å². The lowest BCUT2D eigenvalue weighted by atomic mass is 10.3. The minimum atomic E-state index is -0.664. The fourth-order valence-electron chi connectivity index (χ4n) is 2.01. The zero-order valence-corrected chi connectivity index (χ0v) is 10.3. The van der Waals surface area contributed by atoms with E-state index in [2.05, 4.69) is 5.10 Å². The van der Waals surface area contributed by atoms with E-state index in [9.17, 15) is 5.11 Å². The van der Waals surface area contributed by atoms with Crippen LogP contribution in [0.3, 0.4) is 0 Å². The monoisotopic (exact) mass is 237 g/mol. The molecule has 0 aliphatic carbocycles. The Hall–Kier alpha value is -1.40. The van der Waals surface area contributed by atoms with Gasteiger partial charge in [-0.25, -0.2) is 0 Å². The molecule has 6 nitrogen and oxygen atoms in total. The normalized spacial score (nSPS) is 17.8. The van der Waals surface area contributed by atoms with Crippen LogP contribution in [-0.4, -0.2) is 51.7 Å². The van der Waals surface area contributed by atoms with Crippen LogP contribution in [0.1, 0.15) is 24.0 Å². The number of aromatic nitrogens is 2. The molecule has 17 heavy (non-hydrogen) atoms. The molecule has 0 aromatic carbocycles. The fourth-order valence-corrected chi connectivity index (χ4v) is 2.01. The van der Waals surface area contributed by atoms with Crippen LogP contribution in [0.5, 0.6) is 0 Å². The van der Waals surface area contributed by atoms with Crippen LogP contribution >= 0.6 is 0 Å². The first kappa shape index (κ1) is 12.1. The molecule has 0 spiro atoms. The second kappa shape index (κ2) is 4.85. The minimum absolute atomic E-state index is 0.664. The summed E-state index contributed by atoms with van der Waals surface area (Å²) in [6.45, 7) is 2.43. The quantitative estimate of drug-likeness (QED) is 0.449. The first-order valence-corrected chi connectivity index (χ1v) is 5.77. The molecule has 2 N–H and O–H groups in total. The van der Waals surface area contributed by atoms with Crippen molar-refractivity contribution >= 4 is 6.34 Å². The molecule has 1 unspecified atom stereocenters. The highest BCUT2D eigenvalue weighted by atomic mass is 16.3. The highest BCUT2D eigenvalue weighted by Gasteiger charge is 2.19.